The summed E-state index contributed by atoms with van der Waals surface area (Å²) in [4.78, 5) is 22.0. The molecule has 6 heteroatoms. The molecule has 0 spiro atoms. The van der Waals surface area contributed by atoms with Gasteiger partial charge < -0.3 is 18.6 Å². The predicted octanol–water partition coefficient (Wildman–Crippen LogP) is 3.86. The van der Waals surface area contributed by atoms with Crippen LogP contribution in [0.3, 0.4) is 0 Å². The second-order valence-electron chi connectivity index (χ2n) is 8.51. The summed E-state index contributed by atoms with van der Waals surface area (Å²) >= 11 is 0. The van der Waals surface area contributed by atoms with Crippen LogP contribution < -0.4 is 10.5 Å². The van der Waals surface area contributed by atoms with Crippen molar-refractivity contribution in [3.8, 4) is 11.1 Å². The highest BCUT2D eigenvalue weighted by atomic mass is 16.4. The van der Waals surface area contributed by atoms with E-state index in [-0.39, 0.29) is 5.63 Å². The molecule has 1 fully saturated rings. The summed E-state index contributed by atoms with van der Waals surface area (Å²) in [6.07, 6.45) is 5.08. The molecule has 0 unspecified atom stereocenters. The largest absolute Gasteiger partial charge is 0.422 e. The van der Waals surface area contributed by atoms with E-state index >= 15 is 0 Å². The molecule has 0 N–H and O–H groups in total. The average molecular weight is 402 g/mol. The molecule has 1 aliphatic rings. The highest BCUT2D eigenvalue weighted by molar-refractivity contribution is 5.85. The lowest BCUT2D eigenvalue weighted by Gasteiger charge is -2.22. The minimum atomic E-state index is -0.314. The fourth-order valence-corrected chi connectivity index (χ4v) is 4.47. The summed E-state index contributed by atoms with van der Waals surface area (Å²) in [5, 5.41) is 0.929. The van der Waals surface area contributed by atoms with Crippen LogP contribution in [-0.2, 0) is 0 Å². The van der Waals surface area contributed by atoms with E-state index in [1.54, 1.807) is 0 Å². The Morgan fingerprint density at radius 2 is 1.97 bits per heavy atom. The Labute approximate surface area is 175 Å². The van der Waals surface area contributed by atoms with Gasteiger partial charge in [-0.15, -0.1) is 0 Å². The standard InChI is InChI=1S/C24H26N4O2/c1-15-12-28-13-18(10-22(28)16(2)25-15)21-9-17-5-6-19(11-23(17)30-24(21)29)27-8-7-20(14-27)26(3)4/h5-6,9-13,20H,7-8,14H2,1-4H3/t20-/m0/s1. The normalized spacial score (nSPS) is 17.0. The summed E-state index contributed by atoms with van der Waals surface area (Å²) in [6, 6.07) is 10.7. The number of hydrogen-bond acceptors (Lipinski definition) is 5. The van der Waals surface area contributed by atoms with Gasteiger partial charge in [0, 0.05) is 54.2 Å². The van der Waals surface area contributed by atoms with Gasteiger partial charge in [0.25, 0.3) is 0 Å². The van der Waals surface area contributed by atoms with Crippen molar-refractivity contribution in [1.82, 2.24) is 14.3 Å². The molecule has 0 radical (unpaired) electrons. The van der Waals surface area contributed by atoms with Crippen molar-refractivity contribution < 1.29 is 4.42 Å². The van der Waals surface area contributed by atoms with Crippen LogP contribution in [0.2, 0.25) is 0 Å². The molecule has 4 heterocycles. The maximum Gasteiger partial charge on any atom is 0.344 e. The Kier molecular flexibility index (Phi) is 4.40. The van der Waals surface area contributed by atoms with Crippen molar-refractivity contribution in [3.05, 3.63) is 64.5 Å². The summed E-state index contributed by atoms with van der Waals surface area (Å²) in [7, 11) is 4.25. The van der Waals surface area contributed by atoms with E-state index in [9.17, 15) is 4.79 Å². The molecule has 0 saturated carbocycles. The van der Waals surface area contributed by atoms with E-state index in [2.05, 4.69) is 34.9 Å². The highest BCUT2D eigenvalue weighted by Crippen LogP contribution is 2.29. The summed E-state index contributed by atoms with van der Waals surface area (Å²) in [5.41, 5.74) is 5.72. The zero-order valence-electron chi connectivity index (χ0n) is 17.8. The monoisotopic (exact) mass is 402 g/mol. The van der Waals surface area contributed by atoms with Crippen molar-refractivity contribution in [2.45, 2.75) is 26.3 Å². The summed E-state index contributed by atoms with van der Waals surface area (Å²) in [6.45, 7) is 5.96. The Morgan fingerprint density at radius 3 is 2.73 bits per heavy atom. The Hall–Kier alpha value is -3.12. The molecular weight excluding hydrogens is 376 g/mol. The predicted molar refractivity (Wildman–Crippen MR) is 120 cm³/mol. The first-order valence-corrected chi connectivity index (χ1v) is 10.3. The molecule has 30 heavy (non-hydrogen) atoms. The molecular formula is C24H26N4O2. The van der Waals surface area contributed by atoms with E-state index in [1.807, 2.05) is 54.9 Å². The second kappa shape index (κ2) is 6.99. The lowest BCUT2D eigenvalue weighted by Crippen LogP contribution is -2.31. The lowest BCUT2D eigenvalue weighted by atomic mass is 10.1. The fourth-order valence-electron chi connectivity index (χ4n) is 4.47. The molecule has 0 aliphatic carbocycles. The number of aryl methyl sites for hydroxylation is 2. The van der Waals surface area contributed by atoms with Crippen molar-refractivity contribution in [1.29, 1.82) is 0 Å². The van der Waals surface area contributed by atoms with Gasteiger partial charge in [-0.05, 0) is 58.6 Å². The first kappa shape index (κ1) is 18.9. The third kappa shape index (κ3) is 3.17. The second-order valence-corrected chi connectivity index (χ2v) is 8.51. The summed E-state index contributed by atoms with van der Waals surface area (Å²) < 4.78 is 7.78. The molecule has 0 bridgehead atoms. The number of rotatable bonds is 3. The van der Waals surface area contributed by atoms with Crippen LogP contribution in [-0.4, -0.2) is 47.5 Å². The third-order valence-corrected chi connectivity index (χ3v) is 6.18. The maximum atomic E-state index is 12.8. The molecule has 1 atom stereocenters. The van der Waals surface area contributed by atoms with Crippen molar-refractivity contribution in [2.24, 2.45) is 0 Å². The van der Waals surface area contributed by atoms with Crippen molar-refractivity contribution in [3.63, 3.8) is 0 Å². The topological polar surface area (TPSA) is 54.0 Å². The van der Waals surface area contributed by atoms with E-state index in [4.69, 9.17) is 4.42 Å². The summed E-state index contributed by atoms with van der Waals surface area (Å²) in [5.74, 6) is 0. The van der Waals surface area contributed by atoms with Gasteiger partial charge in [-0.3, -0.25) is 4.98 Å². The molecule has 0 amide bonds. The zero-order chi connectivity index (χ0) is 21.0. The van der Waals surface area contributed by atoms with Crippen LogP contribution in [0.5, 0.6) is 0 Å². The van der Waals surface area contributed by atoms with Gasteiger partial charge in [0.15, 0.2) is 0 Å². The van der Waals surface area contributed by atoms with Crippen LogP contribution in [0.25, 0.3) is 27.6 Å². The van der Waals surface area contributed by atoms with Crippen molar-refractivity contribution in [2.75, 3.05) is 32.1 Å². The third-order valence-electron chi connectivity index (χ3n) is 6.18. The zero-order valence-corrected chi connectivity index (χ0v) is 17.8. The molecule has 3 aromatic heterocycles. The number of benzene rings is 1. The number of fused-ring (bicyclic) bond motifs is 2. The van der Waals surface area contributed by atoms with Crippen molar-refractivity contribution >= 4 is 22.2 Å². The Morgan fingerprint density at radius 1 is 1.13 bits per heavy atom. The number of likely N-dealkylation sites (N-methyl/N-ethyl adjacent to an activating group) is 1. The number of nitrogens with zero attached hydrogens (tertiary/aromatic N) is 4. The van der Waals surface area contributed by atoms with E-state index < -0.39 is 0 Å². The quantitative estimate of drug-likeness (QED) is 0.487. The molecule has 6 nitrogen and oxygen atoms in total. The molecule has 5 rings (SSSR count). The minimum Gasteiger partial charge on any atom is -0.422 e. The molecule has 1 aliphatic heterocycles. The van der Waals surface area contributed by atoms with Gasteiger partial charge in [0.2, 0.25) is 0 Å². The first-order valence-electron chi connectivity index (χ1n) is 10.3. The van der Waals surface area contributed by atoms with Crippen LogP contribution in [0.1, 0.15) is 17.8 Å². The van der Waals surface area contributed by atoms with Crippen LogP contribution in [0, 0.1) is 13.8 Å². The molecule has 154 valence electrons. The van der Waals surface area contributed by atoms with Crippen LogP contribution >= 0.6 is 0 Å². The van der Waals surface area contributed by atoms with Crippen LogP contribution in [0.4, 0.5) is 5.69 Å². The SMILES string of the molecule is Cc1cn2cc(-c3cc4ccc(N5CC[C@H](N(C)C)C5)cc4oc3=O)cc2c(C)n1. The maximum absolute atomic E-state index is 12.8. The smallest absolute Gasteiger partial charge is 0.344 e. The highest BCUT2D eigenvalue weighted by Gasteiger charge is 2.24. The van der Waals surface area contributed by atoms with Gasteiger partial charge >= 0.3 is 5.63 Å². The van der Waals surface area contributed by atoms with Gasteiger partial charge in [-0.25, -0.2) is 4.79 Å². The number of hydrogen-bond donors (Lipinski definition) is 0. The minimum absolute atomic E-state index is 0.314. The number of anilines is 1. The Balaban J connectivity index is 1.53. The van der Waals surface area contributed by atoms with E-state index in [1.165, 1.54) is 0 Å². The molecule has 1 aromatic carbocycles. The molecule has 1 saturated heterocycles. The lowest BCUT2D eigenvalue weighted by molar-refractivity contribution is 0.315. The van der Waals surface area contributed by atoms with E-state index in [0.29, 0.717) is 17.2 Å². The first-order chi connectivity index (χ1) is 14.4. The molecule has 4 aromatic rings. The van der Waals surface area contributed by atoms with Gasteiger partial charge in [0.1, 0.15) is 5.58 Å². The van der Waals surface area contributed by atoms with Gasteiger partial charge in [-0.2, -0.15) is 0 Å². The van der Waals surface area contributed by atoms with E-state index in [0.717, 1.165) is 53.1 Å². The average Bonchev–Trinajstić information content (AvgIpc) is 3.34. The van der Waals surface area contributed by atoms with Gasteiger partial charge in [0.05, 0.1) is 22.5 Å². The van der Waals surface area contributed by atoms with Crippen LogP contribution in [0.15, 0.2) is 51.9 Å². The fraction of sp³-hybridized carbons (Fsp3) is 0.333. The number of aromatic nitrogens is 2. The van der Waals surface area contributed by atoms with Gasteiger partial charge in [-0.1, -0.05) is 0 Å². The Bertz CT molecular complexity index is 1320.